The Hall–Kier alpha value is -1.95. The Bertz CT molecular complexity index is 947. The van der Waals surface area contributed by atoms with Gasteiger partial charge in [-0.15, -0.1) is 11.3 Å². The van der Waals surface area contributed by atoms with Crippen molar-refractivity contribution in [3.8, 4) is 6.07 Å². The SMILES string of the molecule is Cc1nc(SCC(=O)Nc2sc3c(c2C#N)CCN(C)C3)nc2c1CCC2. The first kappa shape index (κ1) is 18.4. The van der Waals surface area contributed by atoms with Crippen molar-refractivity contribution < 1.29 is 4.79 Å². The zero-order valence-corrected chi connectivity index (χ0v) is 17.1. The minimum absolute atomic E-state index is 0.120. The Balaban J connectivity index is 1.43. The Labute approximate surface area is 167 Å². The van der Waals surface area contributed by atoms with Crippen LogP contribution in [0.4, 0.5) is 5.00 Å². The van der Waals surface area contributed by atoms with Gasteiger partial charge in [-0.3, -0.25) is 4.79 Å². The Morgan fingerprint density at radius 3 is 3.00 bits per heavy atom. The Morgan fingerprint density at radius 1 is 1.33 bits per heavy atom. The van der Waals surface area contributed by atoms with Crippen molar-refractivity contribution in [1.29, 1.82) is 5.26 Å². The Morgan fingerprint density at radius 2 is 2.19 bits per heavy atom. The van der Waals surface area contributed by atoms with Crippen LogP contribution in [-0.4, -0.2) is 40.1 Å². The molecule has 0 atom stereocenters. The highest BCUT2D eigenvalue weighted by Gasteiger charge is 2.24. The lowest BCUT2D eigenvalue weighted by Crippen LogP contribution is -2.25. The molecule has 0 aromatic carbocycles. The number of nitrogens with one attached hydrogen (secondary N) is 1. The number of hydrogen-bond acceptors (Lipinski definition) is 7. The van der Waals surface area contributed by atoms with Gasteiger partial charge >= 0.3 is 0 Å². The van der Waals surface area contributed by atoms with E-state index < -0.39 is 0 Å². The zero-order valence-electron chi connectivity index (χ0n) is 15.5. The number of carbonyl (C=O) groups excluding carboxylic acids is 1. The van der Waals surface area contributed by atoms with E-state index in [2.05, 4.69) is 33.3 Å². The molecule has 1 aliphatic carbocycles. The minimum atomic E-state index is -0.120. The van der Waals surface area contributed by atoms with Crippen LogP contribution in [0.1, 0.15) is 39.4 Å². The second kappa shape index (κ2) is 7.58. The maximum absolute atomic E-state index is 12.4. The molecule has 8 heteroatoms. The summed E-state index contributed by atoms with van der Waals surface area (Å²) < 4.78 is 0. The molecule has 27 heavy (non-hydrogen) atoms. The highest BCUT2D eigenvalue weighted by Crippen LogP contribution is 2.36. The predicted octanol–water partition coefficient (Wildman–Crippen LogP) is 2.93. The fourth-order valence-electron chi connectivity index (χ4n) is 3.69. The summed E-state index contributed by atoms with van der Waals surface area (Å²) >= 11 is 2.88. The number of aryl methyl sites for hydroxylation is 2. The molecule has 1 amide bonds. The molecule has 0 unspecified atom stereocenters. The van der Waals surface area contributed by atoms with Crippen LogP contribution < -0.4 is 5.32 Å². The molecule has 2 aromatic heterocycles. The number of amides is 1. The molecule has 0 spiro atoms. The molecule has 0 radical (unpaired) electrons. The number of rotatable bonds is 4. The van der Waals surface area contributed by atoms with Crippen LogP contribution in [0.15, 0.2) is 5.16 Å². The maximum Gasteiger partial charge on any atom is 0.235 e. The topological polar surface area (TPSA) is 81.9 Å². The van der Waals surface area contributed by atoms with Crippen molar-refractivity contribution in [3.63, 3.8) is 0 Å². The number of nitrogens with zero attached hydrogens (tertiary/aromatic N) is 4. The van der Waals surface area contributed by atoms with Gasteiger partial charge in [-0.25, -0.2) is 9.97 Å². The number of anilines is 1. The standard InChI is InChI=1S/C19H21N5OS2/c1-11-12-4-3-5-15(12)22-19(21-11)26-10-17(25)23-18-14(8-20)13-6-7-24(2)9-16(13)27-18/h3-7,9-10H2,1-2H3,(H,23,25). The van der Waals surface area contributed by atoms with Gasteiger partial charge in [0.25, 0.3) is 0 Å². The van der Waals surface area contributed by atoms with Crippen molar-refractivity contribution in [2.45, 2.75) is 44.3 Å². The summed E-state index contributed by atoms with van der Waals surface area (Å²) in [6.07, 6.45) is 4.05. The average Bonchev–Trinajstić information content (AvgIpc) is 3.23. The number of hydrogen-bond donors (Lipinski definition) is 1. The highest BCUT2D eigenvalue weighted by molar-refractivity contribution is 7.99. The third-order valence-electron chi connectivity index (χ3n) is 5.06. The lowest BCUT2D eigenvalue weighted by Gasteiger charge is -2.21. The molecular weight excluding hydrogens is 378 g/mol. The smallest absolute Gasteiger partial charge is 0.235 e. The first-order valence-corrected chi connectivity index (χ1v) is 10.9. The van der Waals surface area contributed by atoms with Gasteiger partial charge in [-0.05, 0) is 50.8 Å². The number of likely N-dealkylation sites (N-methyl/N-ethyl adjacent to an activating group) is 1. The van der Waals surface area contributed by atoms with Crippen LogP contribution in [0.2, 0.25) is 0 Å². The first-order valence-electron chi connectivity index (χ1n) is 9.07. The van der Waals surface area contributed by atoms with Gasteiger partial charge in [0, 0.05) is 29.4 Å². The molecule has 6 nitrogen and oxygen atoms in total. The number of carbonyl (C=O) groups is 1. The molecule has 1 N–H and O–H groups in total. The lowest BCUT2D eigenvalue weighted by atomic mass is 10.0. The predicted molar refractivity (Wildman–Crippen MR) is 107 cm³/mol. The molecule has 0 fully saturated rings. The second-order valence-electron chi connectivity index (χ2n) is 7.01. The van der Waals surface area contributed by atoms with E-state index >= 15 is 0 Å². The zero-order chi connectivity index (χ0) is 19.0. The van der Waals surface area contributed by atoms with E-state index in [1.807, 2.05) is 6.92 Å². The van der Waals surface area contributed by atoms with E-state index in [-0.39, 0.29) is 11.7 Å². The molecule has 0 saturated carbocycles. The molecule has 0 bridgehead atoms. The molecule has 1 aliphatic heterocycles. The summed E-state index contributed by atoms with van der Waals surface area (Å²) in [5.41, 5.74) is 5.17. The summed E-state index contributed by atoms with van der Waals surface area (Å²) in [5.74, 6) is 0.121. The van der Waals surface area contributed by atoms with Gasteiger partial charge in [-0.1, -0.05) is 11.8 Å². The van der Waals surface area contributed by atoms with Gasteiger partial charge in [0.15, 0.2) is 5.16 Å². The quantitative estimate of drug-likeness (QED) is 0.629. The number of fused-ring (bicyclic) bond motifs is 2. The fraction of sp³-hybridized carbons (Fsp3) is 0.474. The number of thioether (sulfide) groups is 1. The Kier molecular flexibility index (Phi) is 5.17. The van der Waals surface area contributed by atoms with Crippen molar-refractivity contribution in [2.24, 2.45) is 0 Å². The summed E-state index contributed by atoms with van der Waals surface area (Å²) in [7, 11) is 2.07. The molecular formula is C19H21N5OS2. The van der Waals surface area contributed by atoms with Gasteiger partial charge in [0.2, 0.25) is 5.91 Å². The van der Waals surface area contributed by atoms with Crippen LogP contribution >= 0.6 is 23.1 Å². The van der Waals surface area contributed by atoms with Gasteiger partial charge in [-0.2, -0.15) is 5.26 Å². The lowest BCUT2D eigenvalue weighted by molar-refractivity contribution is -0.113. The van der Waals surface area contributed by atoms with Crippen LogP contribution in [0.25, 0.3) is 0 Å². The molecule has 140 valence electrons. The van der Waals surface area contributed by atoms with E-state index in [1.54, 1.807) is 0 Å². The van der Waals surface area contributed by atoms with Gasteiger partial charge in [0.05, 0.1) is 11.3 Å². The summed E-state index contributed by atoms with van der Waals surface area (Å²) in [6, 6.07) is 2.28. The highest BCUT2D eigenvalue weighted by atomic mass is 32.2. The largest absolute Gasteiger partial charge is 0.316 e. The van der Waals surface area contributed by atoms with Crippen molar-refractivity contribution in [2.75, 3.05) is 24.7 Å². The third kappa shape index (κ3) is 3.72. The second-order valence-corrected chi connectivity index (χ2v) is 9.06. The van der Waals surface area contributed by atoms with Crippen LogP contribution in [-0.2, 0) is 30.6 Å². The van der Waals surface area contributed by atoms with E-state index in [0.717, 1.165) is 55.7 Å². The van der Waals surface area contributed by atoms with E-state index in [1.165, 1.54) is 33.5 Å². The summed E-state index contributed by atoms with van der Waals surface area (Å²) in [5, 5.41) is 13.8. The normalized spacial score (nSPS) is 15.9. The third-order valence-corrected chi connectivity index (χ3v) is 7.04. The number of aromatic nitrogens is 2. The molecule has 3 heterocycles. The maximum atomic E-state index is 12.4. The van der Waals surface area contributed by atoms with Gasteiger partial charge in [0.1, 0.15) is 11.1 Å². The van der Waals surface area contributed by atoms with Crippen LogP contribution in [0.5, 0.6) is 0 Å². The summed E-state index contributed by atoms with van der Waals surface area (Å²) in [6.45, 7) is 3.79. The minimum Gasteiger partial charge on any atom is -0.316 e. The molecule has 4 rings (SSSR count). The molecule has 2 aromatic rings. The average molecular weight is 400 g/mol. The number of thiophene rings is 1. The van der Waals surface area contributed by atoms with Crippen molar-refractivity contribution in [1.82, 2.24) is 14.9 Å². The van der Waals surface area contributed by atoms with Crippen LogP contribution in [0.3, 0.4) is 0 Å². The fourth-order valence-corrected chi connectivity index (χ4v) is 5.69. The molecule has 0 saturated heterocycles. The van der Waals surface area contributed by atoms with E-state index in [9.17, 15) is 10.1 Å². The van der Waals surface area contributed by atoms with Gasteiger partial charge < -0.3 is 10.2 Å². The molecule has 2 aliphatic rings. The van der Waals surface area contributed by atoms with Crippen LogP contribution in [0, 0.1) is 18.3 Å². The monoisotopic (exact) mass is 399 g/mol. The van der Waals surface area contributed by atoms with E-state index in [4.69, 9.17) is 0 Å². The van der Waals surface area contributed by atoms with E-state index in [0.29, 0.717) is 15.7 Å². The van der Waals surface area contributed by atoms with Crippen molar-refractivity contribution >= 4 is 34.0 Å². The number of nitriles is 1. The summed E-state index contributed by atoms with van der Waals surface area (Å²) in [4.78, 5) is 25.0. The van der Waals surface area contributed by atoms with Crippen molar-refractivity contribution in [3.05, 3.63) is 33.0 Å². The first-order chi connectivity index (χ1) is 13.0.